The van der Waals surface area contributed by atoms with Crippen LogP contribution >= 0.6 is 23.2 Å². The summed E-state index contributed by atoms with van der Waals surface area (Å²) in [6.07, 6.45) is 1.87. The van der Waals surface area contributed by atoms with Gasteiger partial charge in [-0.25, -0.2) is 0 Å². The lowest BCUT2D eigenvalue weighted by molar-refractivity contribution is -0.690. The molecule has 0 bridgehead atoms. The molecule has 1 aromatic carbocycles. The molecule has 0 radical (unpaired) electrons. The number of hydrogen-bond donors (Lipinski definition) is 1. The Labute approximate surface area is 128 Å². The Bertz CT molecular complexity index is 636. The van der Waals surface area contributed by atoms with E-state index in [1.807, 2.05) is 36.7 Å². The van der Waals surface area contributed by atoms with Crippen molar-refractivity contribution in [2.45, 2.75) is 20.4 Å². The Hall–Kier alpha value is -1.58. The molecule has 0 fully saturated rings. The first-order chi connectivity index (χ1) is 9.49. The van der Waals surface area contributed by atoms with Gasteiger partial charge < -0.3 is 5.32 Å². The molecule has 2 rings (SSSR count). The van der Waals surface area contributed by atoms with Crippen LogP contribution in [0.3, 0.4) is 0 Å². The predicted molar refractivity (Wildman–Crippen MR) is 81.2 cm³/mol. The number of aromatic nitrogens is 1. The zero-order valence-electron chi connectivity index (χ0n) is 11.3. The van der Waals surface area contributed by atoms with Gasteiger partial charge in [0, 0.05) is 18.6 Å². The average Bonchev–Trinajstić information content (AvgIpc) is 2.39. The van der Waals surface area contributed by atoms with Gasteiger partial charge in [0.2, 0.25) is 6.54 Å². The lowest BCUT2D eigenvalue weighted by Crippen LogP contribution is -2.43. The van der Waals surface area contributed by atoms with Crippen molar-refractivity contribution >= 4 is 34.8 Å². The van der Waals surface area contributed by atoms with Crippen molar-refractivity contribution in [1.82, 2.24) is 0 Å². The van der Waals surface area contributed by atoms with Crippen LogP contribution in [0, 0.1) is 13.8 Å². The molecule has 0 saturated carbocycles. The van der Waals surface area contributed by atoms with E-state index in [1.165, 1.54) is 0 Å². The number of anilines is 1. The lowest BCUT2D eigenvalue weighted by Gasteiger charge is -2.08. The molecule has 3 nitrogen and oxygen atoms in total. The van der Waals surface area contributed by atoms with Gasteiger partial charge in [-0.05, 0) is 25.1 Å². The van der Waals surface area contributed by atoms with Crippen LogP contribution in [0.4, 0.5) is 5.69 Å². The maximum Gasteiger partial charge on any atom is 0.290 e. The molecule has 0 aliphatic rings. The van der Waals surface area contributed by atoms with E-state index in [2.05, 4.69) is 5.32 Å². The van der Waals surface area contributed by atoms with Gasteiger partial charge in [0.25, 0.3) is 5.91 Å². The second-order valence-electron chi connectivity index (χ2n) is 4.55. The number of nitrogens with one attached hydrogen (secondary N) is 1. The number of benzene rings is 1. The first-order valence-electron chi connectivity index (χ1n) is 6.18. The highest BCUT2D eigenvalue weighted by atomic mass is 35.5. The molecule has 1 heterocycles. The topological polar surface area (TPSA) is 33.0 Å². The zero-order chi connectivity index (χ0) is 14.7. The minimum absolute atomic E-state index is 0.168. The van der Waals surface area contributed by atoms with Crippen molar-refractivity contribution in [2.24, 2.45) is 0 Å². The average molecular weight is 310 g/mol. The van der Waals surface area contributed by atoms with Crippen LogP contribution in [0.1, 0.15) is 11.3 Å². The summed E-state index contributed by atoms with van der Waals surface area (Å²) >= 11 is 12.1. The number of nitrogens with zero attached hydrogens (tertiary/aromatic N) is 1. The molecule has 0 aliphatic carbocycles. The molecule has 0 saturated heterocycles. The Balaban J connectivity index is 2.16. The highest BCUT2D eigenvalue weighted by molar-refractivity contribution is 6.39. The normalized spacial score (nSPS) is 10.4. The van der Waals surface area contributed by atoms with E-state index < -0.39 is 0 Å². The van der Waals surface area contributed by atoms with Crippen LogP contribution in [0.2, 0.25) is 10.0 Å². The highest BCUT2D eigenvalue weighted by Gasteiger charge is 2.16. The van der Waals surface area contributed by atoms with Gasteiger partial charge in [-0.1, -0.05) is 29.3 Å². The zero-order valence-corrected chi connectivity index (χ0v) is 12.8. The van der Waals surface area contributed by atoms with Gasteiger partial charge in [0.15, 0.2) is 11.9 Å². The Morgan fingerprint density at radius 3 is 2.45 bits per heavy atom. The van der Waals surface area contributed by atoms with E-state index >= 15 is 0 Å². The van der Waals surface area contributed by atoms with E-state index in [9.17, 15) is 4.79 Å². The summed E-state index contributed by atoms with van der Waals surface area (Å²) in [5.74, 6) is -0.168. The number of carbonyl (C=O) groups is 1. The molecule has 0 atom stereocenters. The third-order valence-corrected chi connectivity index (χ3v) is 3.78. The summed E-state index contributed by atoms with van der Waals surface area (Å²) in [6, 6.07) is 9.04. The summed E-state index contributed by atoms with van der Waals surface area (Å²) in [5, 5.41) is 3.61. The van der Waals surface area contributed by atoms with Crippen LogP contribution in [0.25, 0.3) is 0 Å². The third kappa shape index (κ3) is 3.30. The number of rotatable bonds is 3. The first-order valence-corrected chi connectivity index (χ1v) is 6.94. The predicted octanol–water partition coefficient (Wildman–Crippen LogP) is 3.54. The fourth-order valence-electron chi connectivity index (χ4n) is 1.87. The number of carbonyl (C=O) groups excluding carboxylic acids is 1. The maximum atomic E-state index is 12.1. The Kier molecular flexibility index (Phi) is 4.63. The lowest BCUT2D eigenvalue weighted by atomic mass is 10.2. The Morgan fingerprint density at radius 1 is 1.15 bits per heavy atom. The quantitative estimate of drug-likeness (QED) is 0.864. The molecule has 2 aromatic rings. The van der Waals surface area contributed by atoms with Gasteiger partial charge in [0.05, 0.1) is 15.7 Å². The summed E-state index contributed by atoms with van der Waals surface area (Å²) in [5.41, 5.74) is 2.63. The maximum absolute atomic E-state index is 12.1. The van der Waals surface area contributed by atoms with Crippen molar-refractivity contribution in [2.75, 3.05) is 5.32 Å². The number of aryl methyl sites for hydroxylation is 1. The van der Waals surface area contributed by atoms with Crippen molar-refractivity contribution < 1.29 is 9.36 Å². The van der Waals surface area contributed by atoms with Gasteiger partial charge in [-0.3, -0.25) is 4.79 Å². The van der Waals surface area contributed by atoms with E-state index in [-0.39, 0.29) is 12.5 Å². The number of hydrogen-bond acceptors (Lipinski definition) is 1. The fraction of sp³-hybridized carbons (Fsp3) is 0.200. The number of halogens is 2. The van der Waals surface area contributed by atoms with E-state index in [1.54, 1.807) is 18.2 Å². The fourth-order valence-corrected chi connectivity index (χ4v) is 2.36. The van der Waals surface area contributed by atoms with Crippen LogP contribution in [0.5, 0.6) is 0 Å². The number of amides is 1. The Morgan fingerprint density at radius 2 is 1.80 bits per heavy atom. The van der Waals surface area contributed by atoms with E-state index in [0.717, 1.165) is 11.3 Å². The van der Waals surface area contributed by atoms with Crippen LogP contribution in [-0.4, -0.2) is 5.91 Å². The van der Waals surface area contributed by atoms with E-state index in [4.69, 9.17) is 23.2 Å². The summed E-state index contributed by atoms with van der Waals surface area (Å²) < 4.78 is 1.88. The molecule has 1 aromatic heterocycles. The van der Waals surface area contributed by atoms with Gasteiger partial charge in [0.1, 0.15) is 0 Å². The minimum Gasteiger partial charge on any atom is -0.318 e. The summed E-state index contributed by atoms with van der Waals surface area (Å²) in [6.45, 7) is 4.20. The van der Waals surface area contributed by atoms with Gasteiger partial charge >= 0.3 is 0 Å². The first kappa shape index (κ1) is 14.8. The van der Waals surface area contributed by atoms with Crippen LogP contribution < -0.4 is 9.88 Å². The molecule has 104 valence electrons. The molecule has 5 heteroatoms. The molecule has 0 unspecified atom stereocenters. The standard InChI is InChI=1S/C15H14Cl2N2O/c1-10-5-4-8-19(11(10)2)9-14(20)18-15-12(16)6-3-7-13(15)17/h3-8H,9H2,1-2H3/p+1. The van der Waals surface area contributed by atoms with E-state index in [0.29, 0.717) is 15.7 Å². The summed E-state index contributed by atoms with van der Waals surface area (Å²) in [7, 11) is 0. The molecule has 1 amide bonds. The number of pyridine rings is 1. The van der Waals surface area contributed by atoms with Crippen molar-refractivity contribution in [3.8, 4) is 0 Å². The largest absolute Gasteiger partial charge is 0.318 e. The minimum atomic E-state index is -0.168. The van der Waals surface area contributed by atoms with Crippen molar-refractivity contribution in [3.05, 3.63) is 57.8 Å². The molecule has 0 aliphatic heterocycles. The second kappa shape index (κ2) is 6.25. The van der Waals surface area contributed by atoms with Crippen molar-refractivity contribution in [3.63, 3.8) is 0 Å². The van der Waals surface area contributed by atoms with Gasteiger partial charge in [-0.2, -0.15) is 4.57 Å². The molecular formula is C15H15Cl2N2O+. The molecular weight excluding hydrogens is 295 g/mol. The highest BCUT2D eigenvalue weighted by Crippen LogP contribution is 2.29. The number of para-hydroxylation sites is 1. The van der Waals surface area contributed by atoms with Crippen molar-refractivity contribution in [1.29, 1.82) is 0 Å². The molecule has 20 heavy (non-hydrogen) atoms. The second-order valence-corrected chi connectivity index (χ2v) is 5.36. The van der Waals surface area contributed by atoms with Crippen LogP contribution in [0.15, 0.2) is 36.5 Å². The molecule has 1 N–H and O–H groups in total. The third-order valence-electron chi connectivity index (χ3n) is 3.15. The summed E-state index contributed by atoms with van der Waals surface area (Å²) in [4.78, 5) is 12.1. The monoisotopic (exact) mass is 309 g/mol. The molecule has 0 spiro atoms. The van der Waals surface area contributed by atoms with Crippen LogP contribution in [-0.2, 0) is 11.3 Å². The smallest absolute Gasteiger partial charge is 0.290 e. The van der Waals surface area contributed by atoms with Gasteiger partial charge in [-0.15, -0.1) is 0 Å². The SMILES string of the molecule is Cc1ccc[n+](CC(=O)Nc2c(Cl)cccc2Cl)c1C.